The standard InChI is InChI=1S/C19H26N4O/c1-13-17-8-7-15(11-18(17)22-21-13)20-19(24)14-9-10-23(12-14)16-5-3-2-4-6-16/h7-8,11,14,16H,2-6,9-10,12H2,1H3,(H,20,24)(H,21,22)/t14-/m0/s1. The number of carbonyl (C=O) groups is 1. The number of carbonyl (C=O) groups excluding carboxylic acids is 1. The molecule has 1 aromatic carbocycles. The number of nitrogens with one attached hydrogen (secondary N) is 2. The Kier molecular flexibility index (Phi) is 4.27. The molecular formula is C19H26N4O. The zero-order chi connectivity index (χ0) is 16.5. The maximum Gasteiger partial charge on any atom is 0.228 e. The molecule has 0 bridgehead atoms. The SMILES string of the molecule is Cc1[nH]nc2cc(NC(=O)[C@H]3CCN(C4CCCCC4)C3)ccc12. The summed E-state index contributed by atoms with van der Waals surface area (Å²) in [6, 6.07) is 6.65. The minimum Gasteiger partial charge on any atom is -0.326 e. The lowest BCUT2D eigenvalue weighted by Crippen LogP contribution is -2.36. The van der Waals surface area contributed by atoms with Gasteiger partial charge in [0, 0.05) is 29.4 Å². The summed E-state index contributed by atoms with van der Waals surface area (Å²) in [7, 11) is 0. The summed E-state index contributed by atoms with van der Waals surface area (Å²) in [5.41, 5.74) is 2.80. The quantitative estimate of drug-likeness (QED) is 0.908. The molecule has 1 amide bonds. The van der Waals surface area contributed by atoms with E-state index in [9.17, 15) is 4.79 Å². The highest BCUT2D eigenvalue weighted by Gasteiger charge is 2.32. The lowest BCUT2D eigenvalue weighted by Gasteiger charge is -2.30. The van der Waals surface area contributed by atoms with E-state index in [4.69, 9.17) is 0 Å². The summed E-state index contributed by atoms with van der Waals surface area (Å²) in [6.45, 7) is 3.99. The van der Waals surface area contributed by atoms with Crippen LogP contribution in [-0.2, 0) is 4.79 Å². The Balaban J connectivity index is 1.38. The van der Waals surface area contributed by atoms with Crippen LogP contribution < -0.4 is 5.32 Å². The number of hydrogen-bond acceptors (Lipinski definition) is 3. The molecule has 1 atom stereocenters. The molecule has 1 aliphatic carbocycles. The van der Waals surface area contributed by atoms with E-state index >= 15 is 0 Å². The number of aromatic amines is 1. The summed E-state index contributed by atoms with van der Waals surface area (Å²) < 4.78 is 0. The maximum atomic E-state index is 12.6. The highest BCUT2D eigenvalue weighted by Crippen LogP contribution is 2.28. The third-order valence-corrected chi connectivity index (χ3v) is 5.69. The number of hydrogen-bond donors (Lipinski definition) is 2. The van der Waals surface area contributed by atoms with Gasteiger partial charge < -0.3 is 5.32 Å². The average Bonchev–Trinajstić information content (AvgIpc) is 3.23. The minimum absolute atomic E-state index is 0.114. The van der Waals surface area contributed by atoms with Crippen LogP contribution in [0.2, 0.25) is 0 Å². The molecule has 0 radical (unpaired) electrons. The topological polar surface area (TPSA) is 61.0 Å². The summed E-state index contributed by atoms with van der Waals surface area (Å²) in [6.07, 6.45) is 7.67. The molecule has 2 aliphatic rings. The number of amides is 1. The number of likely N-dealkylation sites (tertiary alicyclic amines) is 1. The Morgan fingerprint density at radius 2 is 2.08 bits per heavy atom. The number of H-pyrrole nitrogens is 1. The first-order chi connectivity index (χ1) is 11.7. The second-order valence-electron chi connectivity index (χ2n) is 7.34. The molecule has 2 fully saturated rings. The number of aromatic nitrogens is 2. The lowest BCUT2D eigenvalue weighted by atomic mass is 9.94. The molecule has 4 rings (SSSR count). The molecule has 0 spiro atoms. The van der Waals surface area contributed by atoms with Gasteiger partial charge >= 0.3 is 0 Å². The molecule has 2 heterocycles. The Hall–Kier alpha value is -1.88. The Labute approximate surface area is 142 Å². The molecule has 24 heavy (non-hydrogen) atoms. The van der Waals surface area contributed by atoms with Crippen LogP contribution in [0.15, 0.2) is 18.2 Å². The normalized spacial score (nSPS) is 23.0. The first-order valence-corrected chi connectivity index (χ1v) is 9.20. The molecule has 2 aromatic rings. The molecule has 2 N–H and O–H groups in total. The molecule has 5 nitrogen and oxygen atoms in total. The Morgan fingerprint density at radius 1 is 1.25 bits per heavy atom. The van der Waals surface area contributed by atoms with Crippen molar-refractivity contribution >= 4 is 22.5 Å². The van der Waals surface area contributed by atoms with Crippen molar-refractivity contribution in [2.75, 3.05) is 18.4 Å². The summed E-state index contributed by atoms with van der Waals surface area (Å²) >= 11 is 0. The largest absolute Gasteiger partial charge is 0.326 e. The van der Waals surface area contributed by atoms with Gasteiger partial charge in [0.15, 0.2) is 0 Å². The Bertz CT molecular complexity index is 732. The van der Waals surface area contributed by atoms with E-state index in [1.54, 1.807) is 0 Å². The monoisotopic (exact) mass is 326 g/mol. The van der Waals surface area contributed by atoms with E-state index in [1.165, 1.54) is 32.1 Å². The fourth-order valence-corrected chi connectivity index (χ4v) is 4.25. The number of fused-ring (bicyclic) bond motifs is 1. The van der Waals surface area contributed by atoms with Gasteiger partial charge in [-0.2, -0.15) is 5.10 Å². The van der Waals surface area contributed by atoms with Gasteiger partial charge in [-0.05, 0) is 50.9 Å². The van der Waals surface area contributed by atoms with Crippen molar-refractivity contribution in [3.63, 3.8) is 0 Å². The fourth-order valence-electron chi connectivity index (χ4n) is 4.25. The second-order valence-corrected chi connectivity index (χ2v) is 7.34. The number of benzene rings is 1. The van der Waals surface area contributed by atoms with Crippen LogP contribution in [0.1, 0.15) is 44.2 Å². The summed E-state index contributed by atoms with van der Waals surface area (Å²) in [4.78, 5) is 15.2. The van der Waals surface area contributed by atoms with Crippen molar-refractivity contribution in [1.82, 2.24) is 15.1 Å². The number of nitrogens with zero attached hydrogens (tertiary/aromatic N) is 2. The molecule has 1 saturated carbocycles. The molecule has 1 aliphatic heterocycles. The number of rotatable bonds is 3. The van der Waals surface area contributed by atoms with Crippen molar-refractivity contribution in [1.29, 1.82) is 0 Å². The van der Waals surface area contributed by atoms with E-state index in [-0.39, 0.29) is 11.8 Å². The zero-order valence-electron chi connectivity index (χ0n) is 14.3. The van der Waals surface area contributed by atoms with Crippen molar-refractivity contribution < 1.29 is 4.79 Å². The van der Waals surface area contributed by atoms with Crippen LogP contribution in [0.25, 0.3) is 10.9 Å². The third kappa shape index (κ3) is 3.05. The lowest BCUT2D eigenvalue weighted by molar-refractivity contribution is -0.119. The van der Waals surface area contributed by atoms with Gasteiger partial charge in [-0.3, -0.25) is 14.8 Å². The highest BCUT2D eigenvalue weighted by atomic mass is 16.1. The molecule has 1 saturated heterocycles. The van der Waals surface area contributed by atoms with Gasteiger partial charge in [0.2, 0.25) is 5.91 Å². The van der Waals surface area contributed by atoms with E-state index in [0.717, 1.165) is 41.8 Å². The summed E-state index contributed by atoms with van der Waals surface area (Å²) in [5.74, 6) is 0.267. The second kappa shape index (κ2) is 6.55. The minimum atomic E-state index is 0.114. The van der Waals surface area contributed by atoms with Gasteiger partial charge in [0.1, 0.15) is 0 Å². The van der Waals surface area contributed by atoms with E-state index in [0.29, 0.717) is 6.04 Å². The molecular weight excluding hydrogens is 300 g/mol. The van der Waals surface area contributed by atoms with Gasteiger partial charge in [0.25, 0.3) is 0 Å². The molecule has 0 unspecified atom stereocenters. The van der Waals surface area contributed by atoms with Crippen LogP contribution >= 0.6 is 0 Å². The third-order valence-electron chi connectivity index (χ3n) is 5.69. The van der Waals surface area contributed by atoms with E-state index in [2.05, 4.69) is 20.4 Å². The van der Waals surface area contributed by atoms with Gasteiger partial charge in [-0.15, -0.1) is 0 Å². The first-order valence-electron chi connectivity index (χ1n) is 9.20. The predicted octanol–water partition coefficient (Wildman–Crippen LogP) is 3.46. The van der Waals surface area contributed by atoms with E-state index < -0.39 is 0 Å². The average molecular weight is 326 g/mol. The van der Waals surface area contributed by atoms with Crippen LogP contribution in [0.4, 0.5) is 5.69 Å². The summed E-state index contributed by atoms with van der Waals surface area (Å²) in [5, 5.41) is 11.5. The zero-order valence-corrected chi connectivity index (χ0v) is 14.3. The van der Waals surface area contributed by atoms with Gasteiger partial charge in [-0.25, -0.2) is 0 Å². The van der Waals surface area contributed by atoms with Crippen molar-refractivity contribution in [3.8, 4) is 0 Å². The highest BCUT2D eigenvalue weighted by molar-refractivity contribution is 5.95. The molecule has 5 heteroatoms. The fraction of sp³-hybridized carbons (Fsp3) is 0.579. The van der Waals surface area contributed by atoms with Crippen LogP contribution in [0.5, 0.6) is 0 Å². The first kappa shape index (κ1) is 15.6. The molecule has 128 valence electrons. The van der Waals surface area contributed by atoms with Crippen molar-refractivity contribution in [3.05, 3.63) is 23.9 Å². The Morgan fingerprint density at radius 3 is 2.92 bits per heavy atom. The van der Waals surface area contributed by atoms with Crippen molar-refractivity contribution in [2.24, 2.45) is 5.92 Å². The maximum absolute atomic E-state index is 12.6. The predicted molar refractivity (Wildman–Crippen MR) is 96.0 cm³/mol. The van der Waals surface area contributed by atoms with Gasteiger partial charge in [0.05, 0.1) is 11.4 Å². The van der Waals surface area contributed by atoms with Crippen LogP contribution in [-0.4, -0.2) is 40.1 Å². The van der Waals surface area contributed by atoms with Crippen molar-refractivity contribution in [2.45, 2.75) is 51.5 Å². The molecule has 1 aromatic heterocycles. The smallest absolute Gasteiger partial charge is 0.228 e. The van der Waals surface area contributed by atoms with Crippen LogP contribution in [0.3, 0.4) is 0 Å². The number of aryl methyl sites for hydroxylation is 1. The van der Waals surface area contributed by atoms with Gasteiger partial charge in [-0.1, -0.05) is 19.3 Å². The number of anilines is 1. The van der Waals surface area contributed by atoms with Crippen LogP contribution in [0, 0.1) is 12.8 Å². The van der Waals surface area contributed by atoms with E-state index in [1.807, 2.05) is 25.1 Å².